The Morgan fingerprint density at radius 1 is 1.07 bits per heavy atom. The van der Waals surface area contributed by atoms with Crippen LogP contribution >= 0.6 is 0 Å². The number of rotatable bonds is 6. The molecule has 0 bridgehead atoms. The molecular formula is C24H22N2O3. The molecule has 5 nitrogen and oxygen atoms in total. The third-order valence-corrected chi connectivity index (χ3v) is 4.98. The number of fused-ring (bicyclic) bond motifs is 3. The summed E-state index contributed by atoms with van der Waals surface area (Å²) in [7, 11) is 0. The Morgan fingerprint density at radius 3 is 2.45 bits per heavy atom. The summed E-state index contributed by atoms with van der Waals surface area (Å²) in [4.78, 5) is 16.0. The summed E-state index contributed by atoms with van der Waals surface area (Å²) in [5, 5.41) is 12.2. The molecule has 1 aromatic heterocycles. The van der Waals surface area contributed by atoms with Crippen molar-refractivity contribution in [2.75, 3.05) is 13.2 Å². The van der Waals surface area contributed by atoms with E-state index >= 15 is 0 Å². The van der Waals surface area contributed by atoms with Crippen LogP contribution in [-0.2, 0) is 4.74 Å². The quantitative estimate of drug-likeness (QED) is 0.601. The zero-order valence-electron chi connectivity index (χ0n) is 15.9. The van der Waals surface area contributed by atoms with Gasteiger partial charge in [0.25, 0.3) is 0 Å². The number of nitrogens with one attached hydrogen (secondary N) is 1. The number of carbonyl (C=O) groups excluding carboxylic acids is 1. The van der Waals surface area contributed by atoms with E-state index in [1.807, 2.05) is 36.4 Å². The summed E-state index contributed by atoms with van der Waals surface area (Å²) >= 11 is 0. The first-order chi connectivity index (χ1) is 14.2. The number of alkyl carbamates (subject to hydrolysis) is 1. The van der Waals surface area contributed by atoms with E-state index in [4.69, 9.17) is 4.74 Å². The van der Waals surface area contributed by atoms with E-state index in [9.17, 15) is 9.90 Å². The topological polar surface area (TPSA) is 71.5 Å². The van der Waals surface area contributed by atoms with Crippen LogP contribution in [0.25, 0.3) is 17.2 Å². The number of hydrogen-bond donors (Lipinski definition) is 2. The van der Waals surface area contributed by atoms with Gasteiger partial charge in [0.05, 0.1) is 6.20 Å². The fourth-order valence-electron chi connectivity index (χ4n) is 3.66. The van der Waals surface area contributed by atoms with E-state index in [0.717, 1.165) is 5.56 Å². The predicted octanol–water partition coefficient (Wildman–Crippen LogP) is 4.73. The van der Waals surface area contributed by atoms with Crippen LogP contribution < -0.4 is 5.32 Å². The van der Waals surface area contributed by atoms with Crippen LogP contribution in [0.1, 0.15) is 29.0 Å². The van der Waals surface area contributed by atoms with Crippen LogP contribution in [0.15, 0.2) is 73.1 Å². The van der Waals surface area contributed by atoms with Crippen LogP contribution in [-0.4, -0.2) is 29.3 Å². The van der Waals surface area contributed by atoms with Gasteiger partial charge in [-0.3, -0.25) is 4.98 Å². The van der Waals surface area contributed by atoms with E-state index in [-0.39, 0.29) is 11.7 Å². The van der Waals surface area contributed by atoms with Gasteiger partial charge in [0.1, 0.15) is 12.4 Å². The van der Waals surface area contributed by atoms with E-state index in [1.54, 1.807) is 12.3 Å². The number of hydrogen-bond acceptors (Lipinski definition) is 4. The maximum atomic E-state index is 12.1. The Labute approximate surface area is 169 Å². The Balaban J connectivity index is 1.28. The summed E-state index contributed by atoms with van der Waals surface area (Å²) in [6.07, 6.45) is 7.05. The summed E-state index contributed by atoms with van der Waals surface area (Å²) in [5.41, 5.74) is 5.63. The van der Waals surface area contributed by atoms with E-state index in [2.05, 4.69) is 34.6 Å². The van der Waals surface area contributed by atoms with Crippen molar-refractivity contribution < 1.29 is 14.6 Å². The van der Waals surface area contributed by atoms with Crippen molar-refractivity contribution >= 4 is 12.2 Å². The minimum Gasteiger partial charge on any atom is -0.506 e. The molecule has 146 valence electrons. The molecular weight excluding hydrogens is 364 g/mol. The third-order valence-electron chi connectivity index (χ3n) is 4.98. The van der Waals surface area contributed by atoms with Gasteiger partial charge in [0.15, 0.2) is 0 Å². The van der Waals surface area contributed by atoms with Gasteiger partial charge >= 0.3 is 6.09 Å². The number of pyridine rings is 1. The molecule has 0 atom stereocenters. The molecule has 1 aliphatic rings. The molecule has 0 spiro atoms. The number of aromatic hydroxyl groups is 1. The molecule has 0 saturated carbocycles. The molecule has 0 radical (unpaired) electrons. The molecule has 1 aliphatic carbocycles. The van der Waals surface area contributed by atoms with Gasteiger partial charge in [0, 0.05) is 18.7 Å². The zero-order valence-corrected chi connectivity index (χ0v) is 15.9. The lowest BCUT2D eigenvalue weighted by atomic mass is 9.98. The van der Waals surface area contributed by atoms with Crippen molar-refractivity contribution in [3.8, 4) is 16.9 Å². The number of carbonyl (C=O) groups is 1. The van der Waals surface area contributed by atoms with Gasteiger partial charge in [-0.15, -0.1) is 0 Å². The molecule has 0 fully saturated rings. The van der Waals surface area contributed by atoms with Crippen LogP contribution in [0.2, 0.25) is 0 Å². The monoisotopic (exact) mass is 386 g/mol. The molecule has 4 rings (SSSR count). The van der Waals surface area contributed by atoms with Crippen molar-refractivity contribution in [2.24, 2.45) is 0 Å². The second-order valence-corrected chi connectivity index (χ2v) is 6.92. The lowest BCUT2D eigenvalue weighted by Crippen LogP contribution is -2.26. The molecule has 2 N–H and O–H groups in total. The summed E-state index contributed by atoms with van der Waals surface area (Å²) in [5.74, 6) is 0.190. The van der Waals surface area contributed by atoms with Gasteiger partial charge in [-0.05, 0) is 40.3 Å². The molecule has 0 unspecified atom stereocenters. The van der Waals surface area contributed by atoms with E-state index in [0.29, 0.717) is 19.6 Å². The Bertz CT molecular complexity index is 1000. The maximum Gasteiger partial charge on any atom is 0.407 e. The number of benzene rings is 2. The highest BCUT2D eigenvalue weighted by molar-refractivity contribution is 5.79. The molecule has 5 heteroatoms. The number of aromatic nitrogens is 1. The summed E-state index contributed by atoms with van der Waals surface area (Å²) in [6, 6.07) is 18.2. The Hall–Kier alpha value is -3.60. The molecule has 3 aromatic rings. The van der Waals surface area contributed by atoms with Crippen molar-refractivity contribution in [2.45, 2.75) is 12.3 Å². The molecule has 0 saturated heterocycles. The standard InChI is InChI=1S/C24H22N2O3/c27-18-13-17(14-25-15-18)7-5-6-12-26-24(28)29-16-23-21-10-3-1-8-19(21)20-9-2-4-11-22(20)23/h1-5,7-11,13-15,23,27H,6,12,16H2,(H,26,28). The first-order valence-corrected chi connectivity index (χ1v) is 9.62. The summed E-state index contributed by atoms with van der Waals surface area (Å²) < 4.78 is 5.50. The minimum absolute atomic E-state index is 0.0614. The highest BCUT2D eigenvalue weighted by Gasteiger charge is 2.28. The smallest absolute Gasteiger partial charge is 0.407 e. The van der Waals surface area contributed by atoms with Crippen molar-refractivity contribution in [3.63, 3.8) is 0 Å². The second kappa shape index (κ2) is 8.61. The van der Waals surface area contributed by atoms with Gasteiger partial charge < -0.3 is 15.2 Å². The molecule has 1 amide bonds. The highest BCUT2D eigenvalue weighted by Crippen LogP contribution is 2.44. The fourth-order valence-corrected chi connectivity index (χ4v) is 3.66. The average Bonchev–Trinajstić information content (AvgIpc) is 3.06. The van der Waals surface area contributed by atoms with E-state index in [1.165, 1.54) is 28.5 Å². The number of ether oxygens (including phenoxy) is 1. The maximum absolute atomic E-state index is 12.1. The zero-order chi connectivity index (χ0) is 20.1. The Kier molecular flexibility index (Phi) is 5.56. The predicted molar refractivity (Wildman–Crippen MR) is 113 cm³/mol. The molecule has 2 aromatic carbocycles. The van der Waals surface area contributed by atoms with Crippen molar-refractivity contribution in [1.29, 1.82) is 0 Å². The fraction of sp³-hybridized carbons (Fsp3) is 0.167. The van der Waals surface area contributed by atoms with Gasteiger partial charge in [-0.2, -0.15) is 0 Å². The van der Waals surface area contributed by atoms with Crippen LogP contribution in [0.5, 0.6) is 5.75 Å². The average molecular weight is 386 g/mol. The molecule has 0 aliphatic heterocycles. The van der Waals surface area contributed by atoms with E-state index < -0.39 is 6.09 Å². The van der Waals surface area contributed by atoms with Crippen molar-refractivity contribution in [1.82, 2.24) is 10.3 Å². The van der Waals surface area contributed by atoms with Gasteiger partial charge in [-0.25, -0.2) is 4.79 Å². The highest BCUT2D eigenvalue weighted by atomic mass is 16.5. The first kappa shape index (κ1) is 18.7. The number of amides is 1. The third kappa shape index (κ3) is 4.29. The normalized spacial score (nSPS) is 12.6. The SMILES string of the molecule is O=C(NCCC=Cc1cncc(O)c1)OCC1c2ccccc2-c2ccccc21. The van der Waals surface area contributed by atoms with Crippen LogP contribution in [0.4, 0.5) is 4.79 Å². The van der Waals surface area contributed by atoms with Gasteiger partial charge in [0.2, 0.25) is 0 Å². The first-order valence-electron chi connectivity index (χ1n) is 9.62. The minimum atomic E-state index is -0.417. The largest absolute Gasteiger partial charge is 0.506 e. The summed E-state index contributed by atoms with van der Waals surface area (Å²) in [6.45, 7) is 0.782. The second-order valence-electron chi connectivity index (χ2n) is 6.92. The Morgan fingerprint density at radius 2 is 1.76 bits per heavy atom. The van der Waals surface area contributed by atoms with Crippen LogP contribution in [0, 0.1) is 0 Å². The lowest BCUT2D eigenvalue weighted by molar-refractivity contribution is 0.143. The van der Waals surface area contributed by atoms with Gasteiger partial charge in [-0.1, -0.05) is 60.7 Å². The molecule has 1 heterocycles. The molecule has 29 heavy (non-hydrogen) atoms. The van der Waals surface area contributed by atoms with Crippen molar-refractivity contribution in [3.05, 3.63) is 89.8 Å². The number of nitrogens with zero attached hydrogens (tertiary/aromatic N) is 1. The lowest BCUT2D eigenvalue weighted by Gasteiger charge is -2.14. The van der Waals surface area contributed by atoms with Crippen LogP contribution in [0.3, 0.4) is 0 Å².